The number of aryl methyl sites for hydroxylation is 3. The molecular weight excluding hydrogens is 376 g/mol. The van der Waals surface area contributed by atoms with Gasteiger partial charge >= 0.3 is 0 Å². The van der Waals surface area contributed by atoms with E-state index in [1.165, 1.54) is 59.9 Å². The number of pyridine rings is 1. The molecule has 0 saturated heterocycles. The lowest BCUT2D eigenvalue weighted by Crippen LogP contribution is -2.12. The highest BCUT2D eigenvalue weighted by molar-refractivity contribution is 5.83. The fourth-order valence-electron chi connectivity index (χ4n) is 5.00. The van der Waals surface area contributed by atoms with Crippen LogP contribution in [0.15, 0.2) is 59.7 Å². The number of rotatable bonds is 5. The van der Waals surface area contributed by atoms with Crippen molar-refractivity contribution in [1.82, 2.24) is 4.98 Å². The number of nitrogens with zero attached hydrogens (tertiary/aromatic N) is 2. The zero-order valence-electron chi connectivity index (χ0n) is 19.4. The fraction of sp³-hybridized carbons (Fsp3) is 0.379. The molecule has 3 aromatic rings. The molecule has 0 spiro atoms. The summed E-state index contributed by atoms with van der Waals surface area (Å²) in [7, 11) is 0. The molecule has 0 radical (unpaired) electrons. The maximum atomic E-state index is 4.73. The SMILES string of the molecule is CCC1CCC(c2ccc(-c3ccc(C=Nc4c(C)cc(C)cc4C)cn3)cc2)CC1. The van der Waals surface area contributed by atoms with Gasteiger partial charge in [-0.2, -0.15) is 0 Å². The Kier molecular flexibility index (Phi) is 6.65. The third kappa shape index (κ3) is 5.12. The summed E-state index contributed by atoms with van der Waals surface area (Å²) in [4.78, 5) is 9.42. The van der Waals surface area contributed by atoms with Gasteiger partial charge in [0.2, 0.25) is 0 Å². The molecule has 1 saturated carbocycles. The van der Waals surface area contributed by atoms with Crippen LogP contribution in [0.25, 0.3) is 11.3 Å². The van der Waals surface area contributed by atoms with Crippen LogP contribution in [-0.4, -0.2) is 11.2 Å². The molecule has 0 aliphatic heterocycles. The minimum Gasteiger partial charge on any atom is -0.256 e. The standard InChI is InChI=1S/C29H34N2/c1-5-23-6-9-25(10-7-23)26-11-13-27(14-12-26)28-15-8-24(18-30-28)19-31-29-21(3)16-20(2)17-22(29)4/h8,11-19,23,25H,5-7,9-10H2,1-4H3. The highest BCUT2D eigenvalue weighted by atomic mass is 14.7. The van der Waals surface area contributed by atoms with E-state index in [4.69, 9.17) is 9.98 Å². The van der Waals surface area contributed by atoms with Gasteiger partial charge in [-0.05, 0) is 87.1 Å². The van der Waals surface area contributed by atoms with E-state index in [9.17, 15) is 0 Å². The second kappa shape index (κ2) is 9.60. The van der Waals surface area contributed by atoms with Crippen LogP contribution >= 0.6 is 0 Å². The van der Waals surface area contributed by atoms with Crippen molar-refractivity contribution in [3.8, 4) is 11.3 Å². The molecule has 0 amide bonds. The van der Waals surface area contributed by atoms with Crippen molar-refractivity contribution in [2.24, 2.45) is 10.9 Å². The van der Waals surface area contributed by atoms with E-state index in [1.54, 1.807) is 0 Å². The minimum atomic E-state index is 0.733. The zero-order chi connectivity index (χ0) is 21.8. The van der Waals surface area contributed by atoms with Crippen LogP contribution in [0, 0.1) is 26.7 Å². The molecule has 2 heteroatoms. The molecule has 31 heavy (non-hydrogen) atoms. The van der Waals surface area contributed by atoms with Crippen LogP contribution in [0.3, 0.4) is 0 Å². The molecule has 1 aliphatic carbocycles. The fourth-order valence-corrected chi connectivity index (χ4v) is 5.00. The molecule has 160 valence electrons. The normalized spacial score (nSPS) is 19.1. The van der Waals surface area contributed by atoms with Gasteiger partial charge < -0.3 is 0 Å². The van der Waals surface area contributed by atoms with Crippen LogP contribution in [0.5, 0.6) is 0 Å². The van der Waals surface area contributed by atoms with Crippen molar-refractivity contribution in [1.29, 1.82) is 0 Å². The molecule has 1 fully saturated rings. The Labute approximate surface area is 187 Å². The van der Waals surface area contributed by atoms with Gasteiger partial charge in [-0.3, -0.25) is 9.98 Å². The summed E-state index contributed by atoms with van der Waals surface area (Å²) in [6, 6.07) is 17.6. The van der Waals surface area contributed by atoms with Gasteiger partial charge in [-0.1, -0.05) is 55.3 Å². The molecule has 2 nitrogen and oxygen atoms in total. The molecule has 0 bridgehead atoms. The van der Waals surface area contributed by atoms with Crippen molar-refractivity contribution in [3.63, 3.8) is 0 Å². The Morgan fingerprint density at radius 1 is 0.903 bits per heavy atom. The van der Waals surface area contributed by atoms with Crippen LogP contribution in [0.1, 0.15) is 72.8 Å². The van der Waals surface area contributed by atoms with E-state index in [0.717, 1.165) is 28.8 Å². The maximum Gasteiger partial charge on any atom is 0.0702 e. The highest BCUT2D eigenvalue weighted by Gasteiger charge is 2.21. The van der Waals surface area contributed by atoms with Crippen molar-refractivity contribution >= 4 is 11.9 Å². The Balaban J connectivity index is 1.44. The Bertz CT molecular complexity index is 1010. The summed E-state index contributed by atoms with van der Waals surface area (Å²) >= 11 is 0. The largest absolute Gasteiger partial charge is 0.256 e. The van der Waals surface area contributed by atoms with Crippen LogP contribution in [0.4, 0.5) is 5.69 Å². The molecular formula is C29H34N2. The maximum absolute atomic E-state index is 4.73. The third-order valence-corrected chi connectivity index (χ3v) is 6.87. The molecule has 1 aliphatic rings. The highest BCUT2D eigenvalue weighted by Crippen LogP contribution is 2.37. The summed E-state index contributed by atoms with van der Waals surface area (Å²) in [5, 5.41) is 0. The molecule has 4 rings (SSSR count). The number of hydrogen-bond donors (Lipinski definition) is 0. The second-order valence-electron chi connectivity index (χ2n) is 9.23. The van der Waals surface area contributed by atoms with Crippen molar-refractivity contribution in [3.05, 3.63) is 82.5 Å². The van der Waals surface area contributed by atoms with E-state index in [2.05, 4.69) is 76.2 Å². The zero-order valence-corrected chi connectivity index (χ0v) is 19.4. The molecule has 2 aromatic carbocycles. The number of aromatic nitrogens is 1. The summed E-state index contributed by atoms with van der Waals surface area (Å²) in [5.41, 5.74) is 9.46. The van der Waals surface area contributed by atoms with E-state index in [1.807, 2.05) is 12.4 Å². The molecule has 0 atom stereocenters. The monoisotopic (exact) mass is 410 g/mol. The summed E-state index contributed by atoms with van der Waals surface area (Å²) in [6.07, 6.45) is 10.6. The van der Waals surface area contributed by atoms with Gasteiger partial charge in [0.1, 0.15) is 0 Å². The van der Waals surface area contributed by atoms with Gasteiger partial charge in [-0.15, -0.1) is 0 Å². The van der Waals surface area contributed by atoms with Crippen molar-refractivity contribution in [2.75, 3.05) is 0 Å². The van der Waals surface area contributed by atoms with E-state index in [-0.39, 0.29) is 0 Å². The average Bonchev–Trinajstić information content (AvgIpc) is 2.79. The number of hydrogen-bond acceptors (Lipinski definition) is 2. The van der Waals surface area contributed by atoms with Gasteiger partial charge in [0.15, 0.2) is 0 Å². The van der Waals surface area contributed by atoms with E-state index >= 15 is 0 Å². The van der Waals surface area contributed by atoms with Gasteiger partial charge in [0.05, 0.1) is 11.4 Å². The topological polar surface area (TPSA) is 25.2 Å². The number of benzene rings is 2. The summed E-state index contributed by atoms with van der Waals surface area (Å²) < 4.78 is 0. The lowest BCUT2D eigenvalue weighted by molar-refractivity contribution is 0.319. The molecule has 0 unspecified atom stereocenters. The van der Waals surface area contributed by atoms with Crippen LogP contribution in [-0.2, 0) is 0 Å². The molecule has 1 aromatic heterocycles. The van der Waals surface area contributed by atoms with Gasteiger partial charge in [0, 0.05) is 23.5 Å². The Morgan fingerprint density at radius 3 is 2.16 bits per heavy atom. The lowest BCUT2D eigenvalue weighted by Gasteiger charge is -2.28. The third-order valence-electron chi connectivity index (χ3n) is 6.87. The van der Waals surface area contributed by atoms with Crippen LogP contribution in [0.2, 0.25) is 0 Å². The smallest absolute Gasteiger partial charge is 0.0702 e. The first-order valence-electron chi connectivity index (χ1n) is 11.7. The Hall–Kier alpha value is -2.74. The summed E-state index contributed by atoms with van der Waals surface area (Å²) in [5.74, 6) is 1.68. The average molecular weight is 411 g/mol. The Morgan fingerprint density at radius 2 is 1.58 bits per heavy atom. The lowest BCUT2D eigenvalue weighted by atomic mass is 9.78. The quantitative estimate of drug-likeness (QED) is 0.390. The first kappa shape index (κ1) is 21.5. The second-order valence-corrected chi connectivity index (χ2v) is 9.23. The van der Waals surface area contributed by atoms with Gasteiger partial charge in [-0.25, -0.2) is 0 Å². The van der Waals surface area contributed by atoms with Crippen molar-refractivity contribution < 1.29 is 0 Å². The predicted molar refractivity (Wildman–Crippen MR) is 133 cm³/mol. The van der Waals surface area contributed by atoms with Crippen LogP contribution < -0.4 is 0 Å². The first-order chi connectivity index (χ1) is 15.0. The predicted octanol–water partition coefficient (Wildman–Crippen LogP) is 8.11. The summed E-state index contributed by atoms with van der Waals surface area (Å²) in [6.45, 7) is 8.69. The minimum absolute atomic E-state index is 0.733. The van der Waals surface area contributed by atoms with E-state index in [0.29, 0.717) is 0 Å². The molecule has 1 heterocycles. The number of aliphatic imine (C=N–C) groups is 1. The first-order valence-corrected chi connectivity index (χ1v) is 11.7. The van der Waals surface area contributed by atoms with Crippen molar-refractivity contribution in [2.45, 2.75) is 65.7 Å². The van der Waals surface area contributed by atoms with E-state index < -0.39 is 0 Å². The van der Waals surface area contributed by atoms with Gasteiger partial charge in [0.25, 0.3) is 0 Å². The molecule has 0 N–H and O–H groups in total.